The van der Waals surface area contributed by atoms with Gasteiger partial charge in [-0.05, 0) is 30.2 Å². The molecule has 0 spiro atoms. The Morgan fingerprint density at radius 1 is 1.14 bits per heavy atom. The molecule has 3 nitrogen and oxygen atoms in total. The summed E-state index contributed by atoms with van der Waals surface area (Å²) in [4.78, 5) is 12.2. The third-order valence-corrected chi connectivity index (χ3v) is 3.76. The molecular formula is C16H15ClN2OS. The van der Waals surface area contributed by atoms with E-state index in [-0.39, 0.29) is 10.9 Å². The molecule has 0 aromatic heterocycles. The van der Waals surface area contributed by atoms with Crippen molar-refractivity contribution in [2.24, 2.45) is 0 Å². The molecule has 0 heterocycles. The fourth-order valence-corrected chi connectivity index (χ4v) is 2.08. The van der Waals surface area contributed by atoms with Gasteiger partial charge in [0.2, 0.25) is 0 Å². The van der Waals surface area contributed by atoms with Crippen molar-refractivity contribution in [3.63, 3.8) is 0 Å². The van der Waals surface area contributed by atoms with Crippen LogP contribution in [0.2, 0.25) is 5.02 Å². The van der Waals surface area contributed by atoms with E-state index in [9.17, 15) is 4.79 Å². The van der Waals surface area contributed by atoms with Gasteiger partial charge in [-0.15, -0.1) is 0 Å². The van der Waals surface area contributed by atoms with Gasteiger partial charge in [0.1, 0.15) is 0 Å². The largest absolute Gasteiger partial charge is 0.368 e. The molecular weight excluding hydrogens is 304 g/mol. The van der Waals surface area contributed by atoms with Crippen LogP contribution in [-0.4, -0.2) is 10.9 Å². The summed E-state index contributed by atoms with van der Waals surface area (Å²) in [6.45, 7) is 2.36. The minimum atomic E-state index is -0.341. The second-order valence-corrected chi connectivity index (χ2v) is 5.35. The van der Waals surface area contributed by atoms with Crippen molar-refractivity contribution in [1.29, 1.82) is 0 Å². The summed E-state index contributed by atoms with van der Waals surface area (Å²) in [6.07, 6.45) is 0. The molecule has 21 heavy (non-hydrogen) atoms. The van der Waals surface area contributed by atoms with Gasteiger partial charge in [-0.25, -0.2) is 0 Å². The van der Waals surface area contributed by atoms with Gasteiger partial charge in [0, 0.05) is 17.3 Å². The second kappa shape index (κ2) is 7.20. The number of amides is 1. The maximum atomic E-state index is 12.0. The van der Waals surface area contributed by atoms with Crippen LogP contribution in [0.4, 0.5) is 5.69 Å². The third-order valence-electron chi connectivity index (χ3n) is 3.02. The minimum absolute atomic E-state index is 0.151. The third kappa shape index (κ3) is 4.28. The second-order valence-electron chi connectivity index (χ2n) is 4.53. The molecule has 0 saturated carbocycles. The molecule has 0 unspecified atom stereocenters. The number of hydrogen-bond acceptors (Lipinski definition) is 2. The topological polar surface area (TPSA) is 41.1 Å². The predicted molar refractivity (Wildman–Crippen MR) is 90.7 cm³/mol. The van der Waals surface area contributed by atoms with E-state index in [1.807, 2.05) is 37.3 Å². The number of carbonyl (C=O) groups is 1. The van der Waals surface area contributed by atoms with Crippen LogP contribution in [0, 0.1) is 6.92 Å². The van der Waals surface area contributed by atoms with E-state index in [4.69, 9.17) is 23.8 Å². The normalized spacial score (nSPS) is 10.0. The number of thiocarbonyl (C=S) groups is 1. The van der Waals surface area contributed by atoms with Crippen LogP contribution in [0.15, 0.2) is 48.5 Å². The highest BCUT2D eigenvalue weighted by Gasteiger charge is 2.11. The number of rotatable bonds is 3. The van der Waals surface area contributed by atoms with Crippen LogP contribution in [0.5, 0.6) is 0 Å². The predicted octanol–water partition coefficient (Wildman–Crippen LogP) is 3.70. The highest BCUT2D eigenvalue weighted by Crippen LogP contribution is 2.22. The maximum Gasteiger partial charge on any atom is 0.283 e. The first kappa shape index (κ1) is 15.5. The van der Waals surface area contributed by atoms with E-state index < -0.39 is 0 Å². The molecule has 1 amide bonds. The molecule has 0 aliphatic rings. The zero-order valence-electron chi connectivity index (χ0n) is 11.5. The standard InChI is InChI=1S/C16H15ClN2OS/c1-11-13(17)8-5-9-14(11)19-15(20)16(21)18-10-12-6-3-2-4-7-12/h2-9H,10H2,1H3,(H,18,21)(H,19,20). The molecule has 0 aliphatic heterocycles. The summed E-state index contributed by atoms with van der Waals surface area (Å²) in [5, 5.41) is 6.31. The number of halogens is 1. The molecule has 0 radical (unpaired) electrons. The zero-order chi connectivity index (χ0) is 15.2. The quantitative estimate of drug-likeness (QED) is 0.848. The van der Waals surface area contributed by atoms with Crippen LogP contribution >= 0.6 is 23.8 Å². The van der Waals surface area contributed by atoms with Gasteiger partial charge >= 0.3 is 0 Å². The highest BCUT2D eigenvalue weighted by atomic mass is 35.5. The summed E-state index contributed by atoms with van der Waals surface area (Å²) in [5.74, 6) is -0.341. The lowest BCUT2D eigenvalue weighted by Crippen LogP contribution is -2.33. The van der Waals surface area contributed by atoms with Gasteiger partial charge < -0.3 is 10.6 Å². The van der Waals surface area contributed by atoms with Crippen molar-refractivity contribution in [2.75, 3.05) is 5.32 Å². The first-order valence-electron chi connectivity index (χ1n) is 6.46. The number of anilines is 1. The van der Waals surface area contributed by atoms with Crippen LogP contribution in [-0.2, 0) is 11.3 Å². The Hall–Kier alpha value is -1.91. The van der Waals surface area contributed by atoms with Crippen LogP contribution in [0.3, 0.4) is 0 Å². The molecule has 2 aromatic rings. The van der Waals surface area contributed by atoms with Crippen LogP contribution < -0.4 is 10.6 Å². The average Bonchev–Trinajstić information content (AvgIpc) is 2.50. The van der Waals surface area contributed by atoms with Gasteiger partial charge in [0.05, 0.1) is 0 Å². The van der Waals surface area contributed by atoms with E-state index in [0.717, 1.165) is 11.1 Å². The molecule has 108 valence electrons. The number of hydrogen-bond donors (Lipinski definition) is 2. The van der Waals surface area contributed by atoms with E-state index in [1.54, 1.807) is 18.2 Å². The maximum absolute atomic E-state index is 12.0. The van der Waals surface area contributed by atoms with Crippen molar-refractivity contribution in [3.8, 4) is 0 Å². The highest BCUT2D eigenvalue weighted by molar-refractivity contribution is 7.82. The Bertz CT molecular complexity index is 659. The lowest BCUT2D eigenvalue weighted by atomic mass is 10.2. The van der Waals surface area contributed by atoms with Crippen molar-refractivity contribution in [1.82, 2.24) is 5.32 Å². The number of benzene rings is 2. The molecule has 2 N–H and O–H groups in total. The van der Waals surface area contributed by atoms with Crippen molar-refractivity contribution in [3.05, 3.63) is 64.7 Å². The van der Waals surface area contributed by atoms with Crippen LogP contribution in [0.25, 0.3) is 0 Å². The van der Waals surface area contributed by atoms with Crippen molar-refractivity contribution < 1.29 is 4.79 Å². The fourth-order valence-electron chi connectivity index (χ4n) is 1.78. The SMILES string of the molecule is Cc1c(Cl)cccc1NC(=O)C(=S)NCc1ccccc1. The van der Waals surface area contributed by atoms with Gasteiger partial charge in [-0.2, -0.15) is 0 Å². The van der Waals surface area contributed by atoms with E-state index in [2.05, 4.69) is 10.6 Å². The lowest BCUT2D eigenvalue weighted by molar-refractivity contribution is -0.110. The summed E-state index contributed by atoms with van der Waals surface area (Å²) in [5.41, 5.74) is 2.54. The summed E-state index contributed by atoms with van der Waals surface area (Å²) >= 11 is 11.1. The van der Waals surface area contributed by atoms with E-state index in [1.165, 1.54) is 0 Å². The van der Waals surface area contributed by atoms with Crippen molar-refractivity contribution in [2.45, 2.75) is 13.5 Å². The molecule has 0 saturated heterocycles. The number of nitrogens with one attached hydrogen (secondary N) is 2. The van der Waals surface area contributed by atoms with Gasteiger partial charge in [0.15, 0.2) is 4.99 Å². The fraction of sp³-hybridized carbons (Fsp3) is 0.125. The van der Waals surface area contributed by atoms with Crippen molar-refractivity contribution >= 4 is 40.4 Å². The van der Waals surface area contributed by atoms with Gasteiger partial charge in [0.25, 0.3) is 5.91 Å². The Morgan fingerprint density at radius 3 is 2.57 bits per heavy atom. The average molecular weight is 319 g/mol. The molecule has 2 aromatic carbocycles. The summed E-state index contributed by atoms with van der Waals surface area (Å²) in [6, 6.07) is 15.1. The van der Waals surface area contributed by atoms with Crippen LogP contribution in [0.1, 0.15) is 11.1 Å². The monoisotopic (exact) mass is 318 g/mol. The summed E-state index contributed by atoms with van der Waals surface area (Å²) < 4.78 is 0. The Labute approximate surface area is 134 Å². The Balaban J connectivity index is 1.94. The first-order chi connectivity index (χ1) is 10.1. The molecule has 0 bridgehead atoms. The first-order valence-corrected chi connectivity index (χ1v) is 7.25. The smallest absolute Gasteiger partial charge is 0.283 e. The van der Waals surface area contributed by atoms with Gasteiger partial charge in [-0.3, -0.25) is 4.79 Å². The van der Waals surface area contributed by atoms with Gasteiger partial charge in [-0.1, -0.05) is 60.2 Å². The minimum Gasteiger partial charge on any atom is -0.368 e. The van der Waals surface area contributed by atoms with E-state index >= 15 is 0 Å². The summed E-state index contributed by atoms with van der Waals surface area (Å²) in [7, 11) is 0. The van der Waals surface area contributed by atoms with E-state index in [0.29, 0.717) is 17.3 Å². The Kier molecular flexibility index (Phi) is 5.31. The zero-order valence-corrected chi connectivity index (χ0v) is 13.1. The number of carbonyl (C=O) groups excluding carboxylic acids is 1. The molecule has 0 fully saturated rings. The lowest BCUT2D eigenvalue weighted by Gasteiger charge is -2.11. The molecule has 0 aliphatic carbocycles. The molecule has 5 heteroatoms. The molecule has 2 rings (SSSR count). The molecule has 0 atom stereocenters. The Morgan fingerprint density at radius 2 is 1.86 bits per heavy atom.